The van der Waals surface area contributed by atoms with Crippen LogP contribution >= 0.6 is 23.2 Å². The summed E-state index contributed by atoms with van der Waals surface area (Å²) in [5.41, 5.74) is 12.7. The summed E-state index contributed by atoms with van der Waals surface area (Å²) in [5.74, 6) is -3.92. The molecule has 48 heavy (non-hydrogen) atoms. The van der Waals surface area contributed by atoms with Crippen molar-refractivity contribution in [1.82, 2.24) is 15.1 Å². The third-order valence-corrected chi connectivity index (χ3v) is 10.00. The summed E-state index contributed by atoms with van der Waals surface area (Å²) < 4.78 is 28.3. The van der Waals surface area contributed by atoms with Gasteiger partial charge in [-0.25, -0.2) is 18.6 Å². The molecule has 0 saturated heterocycles. The predicted octanol–water partition coefficient (Wildman–Crippen LogP) is 5.93. The van der Waals surface area contributed by atoms with E-state index >= 15 is 0 Å². The molecule has 0 bridgehead atoms. The molecule has 3 amide bonds. The SMILES string of the molecule is [N-]=[N+]=NCS(=O)(=O)N[C@H]1CCCC[C@@H]1N1C(=O)c2ccccc2[C@@H](C(=O)NOCc2cccc(C(=O)N=O)c2)[C@@H]1c1ccc(Cl)cc1Cl. The summed E-state index contributed by atoms with van der Waals surface area (Å²) in [4.78, 5) is 60.7. The highest BCUT2D eigenvalue weighted by atomic mass is 35.5. The fourth-order valence-corrected chi connectivity index (χ4v) is 7.86. The maximum Gasteiger partial charge on any atom is 0.316 e. The fraction of sp³-hybridized carbons (Fsp3) is 0.323. The van der Waals surface area contributed by atoms with Crippen molar-refractivity contribution in [3.8, 4) is 0 Å². The topological polar surface area (TPSA) is 200 Å². The second kappa shape index (κ2) is 15.2. The van der Waals surface area contributed by atoms with Crippen LogP contribution < -0.4 is 10.2 Å². The summed E-state index contributed by atoms with van der Waals surface area (Å²) in [7, 11) is -4.06. The molecule has 250 valence electrons. The second-order valence-electron chi connectivity index (χ2n) is 11.3. The van der Waals surface area contributed by atoms with E-state index in [4.69, 9.17) is 33.6 Å². The number of azide groups is 1. The van der Waals surface area contributed by atoms with Crippen molar-refractivity contribution in [3.63, 3.8) is 0 Å². The van der Waals surface area contributed by atoms with Crippen LogP contribution in [0.2, 0.25) is 10.0 Å². The summed E-state index contributed by atoms with van der Waals surface area (Å²) >= 11 is 13.0. The number of sulfonamides is 1. The number of carbonyl (C=O) groups excluding carboxylic acids is 3. The number of halogens is 2. The lowest BCUT2D eigenvalue weighted by atomic mass is 9.76. The van der Waals surface area contributed by atoms with Crippen LogP contribution in [0.1, 0.15) is 75.0 Å². The molecule has 1 aliphatic heterocycles. The second-order valence-corrected chi connectivity index (χ2v) is 13.9. The number of hydrogen-bond acceptors (Lipinski definition) is 8. The zero-order chi connectivity index (χ0) is 34.4. The summed E-state index contributed by atoms with van der Waals surface area (Å²) in [6, 6.07) is 14.8. The Kier molecular flexibility index (Phi) is 11.1. The van der Waals surface area contributed by atoms with Crippen LogP contribution in [0, 0.1) is 4.91 Å². The Hall–Kier alpha value is -4.37. The highest BCUT2D eigenvalue weighted by Crippen LogP contribution is 2.48. The van der Waals surface area contributed by atoms with E-state index in [0.717, 1.165) is 0 Å². The van der Waals surface area contributed by atoms with E-state index in [1.54, 1.807) is 48.5 Å². The molecule has 17 heteroatoms. The molecule has 2 N–H and O–H groups in total. The third kappa shape index (κ3) is 7.67. The Bertz CT molecular complexity index is 1910. The van der Waals surface area contributed by atoms with E-state index in [1.165, 1.54) is 23.1 Å². The van der Waals surface area contributed by atoms with Gasteiger partial charge in [0.2, 0.25) is 10.0 Å². The van der Waals surface area contributed by atoms with E-state index in [0.29, 0.717) is 47.4 Å². The molecule has 0 spiro atoms. The van der Waals surface area contributed by atoms with Gasteiger partial charge in [0.05, 0.1) is 18.6 Å². The predicted molar refractivity (Wildman–Crippen MR) is 176 cm³/mol. The van der Waals surface area contributed by atoms with Crippen LogP contribution in [0.3, 0.4) is 0 Å². The molecular formula is C31H29Cl2N7O7S. The van der Waals surface area contributed by atoms with Crippen molar-refractivity contribution in [3.05, 3.63) is 120 Å². The van der Waals surface area contributed by atoms with Crippen molar-refractivity contribution in [2.45, 2.75) is 56.3 Å². The zero-order valence-electron chi connectivity index (χ0n) is 25.2. The number of carbonyl (C=O) groups is 3. The number of hydroxylamine groups is 1. The number of nitrogens with one attached hydrogen (secondary N) is 2. The van der Waals surface area contributed by atoms with Gasteiger partial charge in [-0.3, -0.25) is 19.2 Å². The van der Waals surface area contributed by atoms with Gasteiger partial charge in [0.1, 0.15) is 5.88 Å². The first kappa shape index (κ1) is 35.0. The van der Waals surface area contributed by atoms with Crippen molar-refractivity contribution in [2.24, 2.45) is 10.3 Å². The van der Waals surface area contributed by atoms with Gasteiger partial charge >= 0.3 is 5.91 Å². The molecule has 0 unspecified atom stereocenters. The molecule has 3 aromatic rings. The van der Waals surface area contributed by atoms with Crippen LogP contribution in [0.15, 0.2) is 77.0 Å². The Labute approximate surface area is 285 Å². The third-order valence-electron chi connectivity index (χ3n) is 8.32. The van der Waals surface area contributed by atoms with Gasteiger partial charge in [0, 0.05) is 43.3 Å². The van der Waals surface area contributed by atoms with E-state index in [9.17, 15) is 27.7 Å². The number of nitrogens with zero attached hydrogens (tertiary/aromatic N) is 5. The van der Waals surface area contributed by atoms with Gasteiger partial charge in [0.25, 0.3) is 11.8 Å². The molecule has 1 fully saturated rings. The van der Waals surface area contributed by atoms with Crippen LogP contribution in [-0.4, -0.2) is 49.0 Å². The summed E-state index contributed by atoms with van der Waals surface area (Å²) in [6.45, 7) is -0.174. The van der Waals surface area contributed by atoms with Gasteiger partial charge < -0.3 is 4.90 Å². The lowest BCUT2D eigenvalue weighted by Gasteiger charge is -2.49. The average Bonchev–Trinajstić information content (AvgIpc) is 3.07. The van der Waals surface area contributed by atoms with Gasteiger partial charge in [-0.2, -0.15) is 0 Å². The normalized spacial score (nSPS) is 20.7. The largest absolute Gasteiger partial charge is 0.326 e. The Morgan fingerprint density at radius 3 is 2.54 bits per heavy atom. The van der Waals surface area contributed by atoms with Crippen LogP contribution in [0.25, 0.3) is 10.4 Å². The first-order chi connectivity index (χ1) is 23.0. The molecule has 2 aliphatic rings. The molecule has 1 heterocycles. The molecule has 14 nitrogen and oxygen atoms in total. The fourth-order valence-electron chi connectivity index (χ4n) is 6.32. The number of nitroso groups, excluding NO2 is 1. The monoisotopic (exact) mass is 713 g/mol. The Morgan fingerprint density at radius 2 is 1.79 bits per heavy atom. The number of hydrogen-bond donors (Lipinski definition) is 2. The van der Waals surface area contributed by atoms with Crippen molar-refractivity contribution in [1.29, 1.82) is 0 Å². The van der Waals surface area contributed by atoms with Crippen LogP contribution in [-0.2, 0) is 26.3 Å². The minimum Gasteiger partial charge on any atom is -0.326 e. The molecule has 1 aliphatic carbocycles. The van der Waals surface area contributed by atoms with Crippen molar-refractivity contribution in [2.75, 3.05) is 5.88 Å². The number of fused-ring (bicyclic) bond motifs is 1. The van der Waals surface area contributed by atoms with Crippen molar-refractivity contribution < 1.29 is 27.6 Å². The van der Waals surface area contributed by atoms with Gasteiger partial charge in [-0.15, -0.1) is 4.91 Å². The maximum absolute atomic E-state index is 14.4. The summed E-state index contributed by atoms with van der Waals surface area (Å²) in [6.07, 6.45) is 2.13. The smallest absolute Gasteiger partial charge is 0.316 e. The standard InChI is InChI=1S/C31H29Cl2N7O7S/c32-20-12-13-23(24(33)15-20)28-27(30(42)37-47-16-18-6-5-7-19(14-18)29(41)36-44)21-8-1-2-9-22(21)31(43)40(28)26-11-4-3-10-25(26)38-48(45,46)17-35-39-34/h1-2,5-9,12-15,25-28,38H,3-4,10-11,16-17H2,(H,37,42)/t25-,26-,27+,28-/m0/s1. The minimum absolute atomic E-state index is 0.0577. The van der Waals surface area contributed by atoms with Gasteiger partial charge in [-0.1, -0.05) is 77.6 Å². The average molecular weight is 715 g/mol. The van der Waals surface area contributed by atoms with Gasteiger partial charge in [-0.05, 0) is 65.4 Å². The quantitative estimate of drug-likeness (QED) is 0.0806. The highest BCUT2D eigenvalue weighted by Gasteiger charge is 2.49. The number of rotatable bonds is 11. The van der Waals surface area contributed by atoms with Gasteiger partial charge in [0.15, 0.2) is 0 Å². The first-order valence-corrected chi connectivity index (χ1v) is 17.2. The lowest BCUT2D eigenvalue weighted by Crippen LogP contribution is -2.59. The molecular weight excluding hydrogens is 685 g/mol. The number of amides is 3. The van der Waals surface area contributed by atoms with Crippen molar-refractivity contribution >= 4 is 50.9 Å². The summed E-state index contributed by atoms with van der Waals surface area (Å²) in [5, 5.41) is 6.13. The molecule has 5 rings (SSSR count). The molecule has 0 radical (unpaired) electrons. The minimum atomic E-state index is -4.06. The maximum atomic E-state index is 14.4. The molecule has 3 aromatic carbocycles. The number of benzene rings is 3. The van der Waals surface area contributed by atoms with E-state index in [1.807, 2.05) is 0 Å². The Balaban J connectivity index is 1.55. The zero-order valence-corrected chi connectivity index (χ0v) is 27.5. The molecule has 4 atom stereocenters. The molecule has 1 saturated carbocycles. The molecule has 0 aromatic heterocycles. The van der Waals surface area contributed by atoms with E-state index < -0.39 is 57.7 Å². The first-order valence-electron chi connectivity index (χ1n) is 14.8. The van der Waals surface area contributed by atoms with Crippen LogP contribution in [0.4, 0.5) is 0 Å². The lowest BCUT2D eigenvalue weighted by molar-refractivity contribution is -0.138. The van der Waals surface area contributed by atoms with E-state index in [-0.39, 0.29) is 22.8 Å². The van der Waals surface area contributed by atoms with Crippen LogP contribution in [0.5, 0.6) is 0 Å². The highest BCUT2D eigenvalue weighted by molar-refractivity contribution is 7.89. The Morgan fingerprint density at radius 1 is 1.02 bits per heavy atom. The van der Waals surface area contributed by atoms with E-state index in [2.05, 4.69) is 25.4 Å².